The van der Waals surface area contributed by atoms with Crippen LogP contribution < -0.4 is 10.1 Å². The summed E-state index contributed by atoms with van der Waals surface area (Å²) in [7, 11) is 2.67. The Morgan fingerprint density at radius 1 is 0.826 bits per heavy atom. The molecule has 2 aliphatic rings. The number of ether oxygens (including phenoxy) is 6. The van der Waals surface area contributed by atoms with Gasteiger partial charge in [-0.2, -0.15) is 0 Å². The van der Waals surface area contributed by atoms with Crippen molar-refractivity contribution < 1.29 is 73.8 Å². The van der Waals surface area contributed by atoms with Gasteiger partial charge in [-0.05, 0) is 31.0 Å². The molecule has 16 heteroatoms. The van der Waals surface area contributed by atoms with Crippen LogP contribution in [0.1, 0.15) is 55.3 Å². The summed E-state index contributed by atoms with van der Waals surface area (Å²) < 4.78 is 32.9. The third kappa shape index (κ3) is 9.93. The van der Waals surface area contributed by atoms with Gasteiger partial charge in [-0.25, -0.2) is 0 Å². The molecular formula is C30H47NO15. The van der Waals surface area contributed by atoms with Crippen molar-refractivity contribution in [3.05, 3.63) is 23.8 Å². The Hall–Kier alpha value is -2.64. The Morgan fingerprint density at radius 2 is 1.46 bits per heavy atom. The van der Waals surface area contributed by atoms with Gasteiger partial charge < -0.3 is 69.5 Å². The first-order valence-electron chi connectivity index (χ1n) is 15.3. The van der Waals surface area contributed by atoms with Gasteiger partial charge in [0.25, 0.3) is 5.91 Å². The Balaban J connectivity index is 1.75. The first-order valence-corrected chi connectivity index (χ1v) is 15.3. The summed E-state index contributed by atoms with van der Waals surface area (Å²) in [6.07, 6.45) is -8.72. The van der Waals surface area contributed by atoms with Gasteiger partial charge in [0.15, 0.2) is 24.1 Å². The van der Waals surface area contributed by atoms with Crippen LogP contribution in [0.2, 0.25) is 0 Å². The standard InChI is InChI=1S/C30H47NO15/c1-41-18-13-16(10-11-17(18)34)28(40)31-22-27(46-30-26(39)25(38)23(36)19(14-32)45-30)24(37)20(15-33)44-29(22)43-12-8-6-4-3-5-7-9-21(35)42-2/h10-11,13,19-20,22-27,29-30,32-34,36-39H,3-9,12,14-15H2,1-2H3,(H,31,40)/t19?,20?,22?,23-,24+,25?,26?,27?,29-,30?/m1/s1. The van der Waals surface area contributed by atoms with E-state index in [-0.39, 0.29) is 29.6 Å². The van der Waals surface area contributed by atoms with E-state index in [1.807, 2.05) is 0 Å². The van der Waals surface area contributed by atoms with Gasteiger partial charge in [0, 0.05) is 18.6 Å². The van der Waals surface area contributed by atoms with E-state index < -0.39 is 80.5 Å². The van der Waals surface area contributed by atoms with Crippen molar-refractivity contribution in [3.63, 3.8) is 0 Å². The molecule has 1 amide bonds. The SMILES string of the molecule is COC(=O)CCCCCCCCO[C@@H]1OC(CO)[C@H](O)C(OC2OC(CO)[C@@H](O)C(O)C2O)C1NC(=O)c1ccc(O)c(OC)c1. The van der Waals surface area contributed by atoms with Gasteiger partial charge in [-0.1, -0.05) is 25.7 Å². The Kier molecular flexibility index (Phi) is 15.3. The highest BCUT2D eigenvalue weighted by Crippen LogP contribution is 2.31. The monoisotopic (exact) mass is 661 g/mol. The summed E-state index contributed by atoms with van der Waals surface area (Å²) >= 11 is 0. The largest absolute Gasteiger partial charge is 0.504 e. The van der Waals surface area contributed by atoms with Crippen LogP contribution in [0.5, 0.6) is 11.5 Å². The van der Waals surface area contributed by atoms with Crippen LogP contribution in [-0.4, -0.2) is 143 Å². The number of aliphatic hydroxyl groups excluding tert-OH is 6. The molecule has 0 aliphatic carbocycles. The highest BCUT2D eigenvalue weighted by Gasteiger charge is 2.51. The molecule has 0 bridgehead atoms. The number of methoxy groups -OCH3 is 2. The quantitative estimate of drug-likeness (QED) is 0.0713. The second kappa shape index (κ2) is 18.6. The van der Waals surface area contributed by atoms with E-state index in [1.54, 1.807) is 0 Å². The van der Waals surface area contributed by atoms with Crippen LogP contribution >= 0.6 is 0 Å². The lowest BCUT2D eigenvalue weighted by atomic mass is 9.95. The smallest absolute Gasteiger partial charge is 0.305 e. The number of hydrogen-bond acceptors (Lipinski definition) is 15. The summed E-state index contributed by atoms with van der Waals surface area (Å²) in [5.74, 6) is -1.12. The summed E-state index contributed by atoms with van der Waals surface area (Å²) in [6.45, 7) is -1.23. The lowest BCUT2D eigenvalue weighted by Gasteiger charge is -2.47. The summed E-state index contributed by atoms with van der Waals surface area (Å²) in [6, 6.07) is 2.59. The number of unbranched alkanes of at least 4 members (excludes halogenated alkanes) is 5. The first-order chi connectivity index (χ1) is 22.1. The summed E-state index contributed by atoms with van der Waals surface area (Å²) in [4.78, 5) is 24.6. The van der Waals surface area contributed by atoms with Crippen molar-refractivity contribution in [3.8, 4) is 11.5 Å². The minimum absolute atomic E-state index is 0.0279. The molecular weight excluding hydrogens is 614 g/mol. The Labute approximate surface area is 266 Å². The molecule has 0 radical (unpaired) electrons. The molecule has 2 fully saturated rings. The average molecular weight is 662 g/mol. The molecule has 2 aliphatic heterocycles. The lowest BCUT2D eigenvalue weighted by Crippen LogP contribution is -2.68. The topological polar surface area (TPSA) is 243 Å². The normalized spacial score (nSPS) is 31.3. The number of phenols is 1. The molecule has 0 aromatic heterocycles. The van der Waals surface area contributed by atoms with Crippen molar-refractivity contribution in [2.45, 2.75) is 106 Å². The molecule has 3 rings (SSSR count). The van der Waals surface area contributed by atoms with E-state index in [9.17, 15) is 45.3 Å². The fourth-order valence-corrected chi connectivity index (χ4v) is 5.29. The van der Waals surface area contributed by atoms with Gasteiger partial charge in [0.1, 0.15) is 48.8 Å². The molecule has 1 aromatic carbocycles. The second-order valence-corrected chi connectivity index (χ2v) is 11.2. The van der Waals surface area contributed by atoms with Crippen LogP contribution in [-0.2, 0) is 28.5 Å². The fourth-order valence-electron chi connectivity index (χ4n) is 5.29. The molecule has 16 nitrogen and oxygen atoms in total. The third-order valence-corrected chi connectivity index (χ3v) is 8.02. The molecule has 0 saturated carbocycles. The Bertz CT molecular complexity index is 1090. The molecule has 8 N–H and O–H groups in total. The zero-order valence-electron chi connectivity index (χ0n) is 26.0. The predicted octanol–water partition coefficient (Wildman–Crippen LogP) is -1.32. The minimum Gasteiger partial charge on any atom is -0.504 e. The van der Waals surface area contributed by atoms with Gasteiger partial charge >= 0.3 is 5.97 Å². The fraction of sp³-hybridized carbons (Fsp3) is 0.733. The molecule has 1 aromatic rings. The molecule has 10 atom stereocenters. The highest BCUT2D eigenvalue weighted by molar-refractivity contribution is 5.95. The number of rotatable bonds is 17. The third-order valence-electron chi connectivity index (χ3n) is 8.02. The number of hydrogen-bond donors (Lipinski definition) is 8. The van der Waals surface area contributed by atoms with E-state index in [0.717, 1.165) is 32.1 Å². The number of nitrogens with one attached hydrogen (secondary N) is 1. The van der Waals surface area contributed by atoms with Crippen molar-refractivity contribution in [1.82, 2.24) is 5.32 Å². The van der Waals surface area contributed by atoms with E-state index in [4.69, 9.17) is 23.7 Å². The number of amides is 1. The number of benzene rings is 1. The van der Waals surface area contributed by atoms with Crippen LogP contribution in [0, 0.1) is 0 Å². The first kappa shape index (κ1) is 37.8. The molecule has 0 spiro atoms. The maximum atomic E-state index is 13.4. The predicted molar refractivity (Wildman–Crippen MR) is 157 cm³/mol. The van der Waals surface area contributed by atoms with Gasteiger partial charge in [0.2, 0.25) is 0 Å². The average Bonchev–Trinajstić information content (AvgIpc) is 3.06. The van der Waals surface area contributed by atoms with Crippen LogP contribution in [0.15, 0.2) is 18.2 Å². The van der Waals surface area contributed by atoms with Crippen LogP contribution in [0.25, 0.3) is 0 Å². The number of esters is 1. The van der Waals surface area contributed by atoms with E-state index >= 15 is 0 Å². The lowest BCUT2D eigenvalue weighted by molar-refractivity contribution is -0.344. The van der Waals surface area contributed by atoms with Crippen LogP contribution in [0.4, 0.5) is 0 Å². The Morgan fingerprint density at radius 3 is 2.11 bits per heavy atom. The number of aromatic hydroxyl groups is 1. The van der Waals surface area contributed by atoms with E-state index in [2.05, 4.69) is 10.1 Å². The summed E-state index contributed by atoms with van der Waals surface area (Å²) in [5, 5.41) is 74.4. The van der Waals surface area contributed by atoms with E-state index in [0.29, 0.717) is 12.8 Å². The van der Waals surface area contributed by atoms with Gasteiger partial charge in [0.05, 0.1) is 27.4 Å². The maximum absolute atomic E-state index is 13.4. The van der Waals surface area contributed by atoms with Crippen molar-refractivity contribution in [1.29, 1.82) is 0 Å². The minimum atomic E-state index is -1.81. The highest BCUT2D eigenvalue weighted by atomic mass is 16.7. The van der Waals surface area contributed by atoms with E-state index in [1.165, 1.54) is 32.4 Å². The summed E-state index contributed by atoms with van der Waals surface area (Å²) in [5.41, 5.74) is 0.0611. The number of carbonyl (C=O) groups excluding carboxylic acids is 2. The molecule has 46 heavy (non-hydrogen) atoms. The number of carbonyl (C=O) groups is 2. The zero-order chi connectivity index (χ0) is 33.8. The molecule has 2 saturated heterocycles. The molecule has 2 heterocycles. The van der Waals surface area contributed by atoms with Crippen molar-refractivity contribution >= 4 is 11.9 Å². The molecule has 262 valence electrons. The maximum Gasteiger partial charge on any atom is 0.305 e. The number of phenolic OH excluding ortho intramolecular Hbond substituents is 1. The van der Waals surface area contributed by atoms with Gasteiger partial charge in [-0.3, -0.25) is 9.59 Å². The number of aliphatic hydroxyl groups is 6. The zero-order valence-corrected chi connectivity index (χ0v) is 26.0. The van der Waals surface area contributed by atoms with Crippen molar-refractivity contribution in [2.24, 2.45) is 0 Å². The van der Waals surface area contributed by atoms with Crippen molar-refractivity contribution in [2.75, 3.05) is 34.0 Å². The van der Waals surface area contributed by atoms with Gasteiger partial charge in [-0.15, -0.1) is 0 Å². The molecule has 7 unspecified atom stereocenters. The second-order valence-electron chi connectivity index (χ2n) is 11.2. The van der Waals surface area contributed by atoms with Crippen LogP contribution in [0.3, 0.4) is 0 Å².